The average molecular weight is 291 g/mol. The Hall–Kier alpha value is -1.95. The molecule has 0 saturated carbocycles. The number of carbonyl (C=O) groups excluding carboxylic acids is 1. The lowest BCUT2D eigenvalue weighted by Crippen LogP contribution is -2.39. The van der Waals surface area contributed by atoms with Crippen molar-refractivity contribution < 1.29 is 14.3 Å². The third kappa shape index (κ3) is 3.58. The predicted octanol–water partition coefficient (Wildman–Crippen LogP) is 1.67. The molecule has 2 aliphatic heterocycles. The van der Waals surface area contributed by atoms with Crippen molar-refractivity contribution in [2.24, 2.45) is 0 Å². The molecule has 1 aromatic rings. The number of anilines is 1. The molecule has 0 bridgehead atoms. The molecule has 1 fully saturated rings. The molecule has 1 saturated heterocycles. The summed E-state index contributed by atoms with van der Waals surface area (Å²) < 4.78 is 11.2. The van der Waals surface area contributed by atoms with Crippen LogP contribution in [-0.4, -0.2) is 50.3 Å². The van der Waals surface area contributed by atoms with E-state index < -0.39 is 0 Å². The minimum Gasteiger partial charge on any atom is -0.490 e. The highest BCUT2D eigenvalue weighted by Gasteiger charge is 2.21. The van der Waals surface area contributed by atoms with Crippen LogP contribution in [-0.2, 0) is 0 Å². The van der Waals surface area contributed by atoms with Crippen LogP contribution in [0.4, 0.5) is 10.5 Å². The summed E-state index contributed by atoms with van der Waals surface area (Å²) in [6.07, 6.45) is 1.86. The van der Waals surface area contributed by atoms with E-state index in [0.717, 1.165) is 31.7 Å². The van der Waals surface area contributed by atoms with Gasteiger partial charge in [0.1, 0.15) is 0 Å². The first-order chi connectivity index (χ1) is 10.2. The highest BCUT2D eigenvalue weighted by Crippen LogP contribution is 2.32. The van der Waals surface area contributed by atoms with Gasteiger partial charge in [0, 0.05) is 30.8 Å². The smallest absolute Gasteiger partial charge is 0.319 e. The van der Waals surface area contributed by atoms with Gasteiger partial charge >= 0.3 is 6.03 Å². The Morgan fingerprint density at radius 2 is 2.10 bits per heavy atom. The van der Waals surface area contributed by atoms with Crippen LogP contribution in [0.5, 0.6) is 11.5 Å². The van der Waals surface area contributed by atoms with Gasteiger partial charge in [-0.25, -0.2) is 4.79 Å². The van der Waals surface area contributed by atoms with Gasteiger partial charge in [0.05, 0.1) is 13.2 Å². The van der Waals surface area contributed by atoms with Crippen LogP contribution in [0.15, 0.2) is 18.2 Å². The molecule has 0 aliphatic carbocycles. The molecule has 0 radical (unpaired) electrons. The maximum absolute atomic E-state index is 12.0. The minimum atomic E-state index is -0.176. The lowest BCUT2D eigenvalue weighted by atomic mass is 10.2. The van der Waals surface area contributed by atoms with Crippen LogP contribution in [0.1, 0.15) is 12.8 Å². The molecule has 3 rings (SSSR count). The Bertz CT molecular complexity index is 521. The highest BCUT2D eigenvalue weighted by atomic mass is 16.5. The summed E-state index contributed by atoms with van der Waals surface area (Å²) in [6.45, 7) is 3.22. The molecule has 6 nitrogen and oxygen atoms in total. The number of fused-ring (bicyclic) bond motifs is 1. The first-order valence-corrected chi connectivity index (χ1v) is 7.36. The quantitative estimate of drug-likeness (QED) is 0.870. The second kappa shape index (κ2) is 6.22. The van der Waals surface area contributed by atoms with E-state index in [-0.39, 0.29) is 12.1 Å². The van der Waals surface area contributed by atoms with E-state index in [9.17, 15) is 4.79 Å². The van der Waals surface area contributed by atoms with Gasteiger partial charge in [0.2, 0.25) is 0 Å². The molecule has 1 atom stereocenters. The van der Waals surface area contributed by atoms with Crippen molar-refractivity contribution in [3.8, 4) is 11.5 Å². The van der Waals surface area contributed by atoms with Gasteiger partial charge in [0.25, 0.3) is 0 Å². The van der Waals surface area contributed by atoms with E-state index in [4.69, 9.17) is 9.47 Å². The van der Waals surface area contributed by atoms with Gasteiger partial charge in [-0.2, -0.15) is 0 Å². The maximum atomic E-state index is 12.0. The van der Waals surface area contributed by atoms with Crippen molar-refractivity contribution in [3.63, 3.8) is 0 Å². The number of nitrogens with one attached hydrogen (secondary N) is 2. The van der Waals surface area contributed by atoms with Crippen molar-refractivity contribution in [2.45, 2.75) is 18.9 Å². The van der Waals surface area contributed by atoms with Gasteiger partial charge in [-0.15, -0.1) is 0 Å². The van der Waals surface area contributed by atoms with E-state index >= 15 is 0 Å². The third-order valence-corrected chi connectivity index (χ3v) is 3.73. The highest BCUT2D eigenvalue weighted by molar-refractivity contribution is 5.89. The number of likely N-dealkylation sites (N-methyl/N-ethyl adjacent to an activating group) is 1. The molecule has 1 aromatic carbocycles. The summed E-state index contributed by atoms with van der Waals surface area (Å²) in [5, 5.41) is 5.84. The Balaban J connectivity index is 1.59. The first-order valence-electron chi connectivity index (χ1n) is 7.36. The molecule has 114 valence electrons. The fraction of sp³-hybridized carbons (Fsp3) is 0.533. The standard InChI is InChI=1S/C15H21N3O3/c1-18-6-5-12(10-18)17-15(19)16-11-3-4-13-14(9-11)21-8-2-7-20-13/h3-4,9,12H,2,5-8,10H2,1H3,(H2,16,17,19). The lowest BCUT2D eigenvalue weighted by Gasteiger charge is -2.14. The number of nitrogens with zero attached hydrogens (tertiary/aromatic N) is 1. The molecular formula is C15H21N3O3. The number of benzene rings is 1. The molecule has 2 heterocycles. The number of likely N-dealkylation sites (tertiary alicyclic amines) is 1. The fourth-order valence-corrected chi connectivity index (χ4v) is 2.65. The number of rotatable bonds is 2. The predicted molar refractivity (Wildman–Crippen MR) is 80.1 cm³/mol. The average Bonchev–Trinajstić information content (AvgIpc) is 2.73. The minimum absolute atomic E-state index is 0.176. The summed E-state index contributed by atoms with van der Waals surface area (Å²) in [6, 6.07) is 5.51. The Morgan fingerprint density at radius 3 is 2.86 bits per heavy atom. The van der Waals surface area contributed by atoms with Gasteiger partial charge in [-0.1, -0.05) is 0 Å². The van der Waals surface area contributed by atoms with E-state index in [1.807, 2.05) is 12.1 Å². The van der Waals surface area contributed by atoms with E-state index in [2.05, 4.69) is 22.6 Å². The summed E-state index contributed by atoms with van der Waals surface area (Å²) in [5.41, 5.74) is 0.711. The van der Waals surface area contributed by atoms with Crippen molar-refractivity contribution >= 4 is 11.7 Å². The topological polar surface area (TPSA) is 62.8 Å². The molecular weight excluding hydrogens is 270 g/mol. The monoisotopic (exact) mass is 291 g/mol. The van der Waals surface area contributed by atoms with E-state index in [1.165, 1.54) is 0 Å². The molecule has 2 amide bonds. The first kappa shape index (κ1) is 14.0. The zero-order valence-corrected chi connectivity index (χ0v) is 12.2. The van der Waals surface area contributed by atoms with Crippen LogP contribution in [0.3, 0.4) is 0 Å². The van der Waals surface area contributed by atoms with Gasteiger partial charge in [0.15, 0.2) is 11.5 Å². The van der Waals surface area contributed by atoms with Crippen molar-refractivity contribution in [2.75, 3.05) is 38.7 Å². The molecule has 1 unspecified atom stereocenters. The van der Waals surface area contributed by atoms with E-state index in [1.54, 1.807) is 6.07 Å². The normalized spacial score (nSPS) is 21.7. The molecule has 21 heavy (non-hydrogen) atoms. The van der Waals surface area contributed by atoms with E-state index in [0.29, 0.717) is 24.7 Å². The fourth-order valence-electron chi connectivity index (χ4n) is 2.65. The van der Waals surface area contributed by atoms with Crippen LogP contribution in [0.25, 0.3) is 0 Å². The lowest BCUT2D eigenvalue weighted by molar-refractivity contribution is 0.248. The summed E-state index contributed by atoms with van der Waals surface area (Å²) in [7, 11) is 2.06. The second-order valence-electron chi connectivity index (χ2n) is 5.56. The SMILES string of the molecule is CN1CCC(NC(=O)Nc2ccc3c(c2)OCCCO3)C1. The van der Waals surface area contributed by atoms with Gasteiger partial charge in [-0.05, 0) is 32.1 Å². The summed E-state index contributed by atoms with van der Waals surface area (Å²) in [4.78, 5) is 14.2. The van der Waals surface area contributed by atoms with Crippen molar-refractivity contribution in [3.05, 3.63) is 18.2 Å². The van der Waals surface area contributed by atoms with Crippen LogP contribution >= 0.6 is 0 Å². The number of ether oxygens (including phenoxy) is 2. The molecule has 0 aromatic heterocycles. The van der Waals surface area contributed by atoms with Crippen LogP contribution < -0.4 is 20.1 Å². The Morgan fingerprint density at radius 1 is 1.29 bits per heavy atom. The number of hydrogen-bond donors (Lipinski definition) is 2. The number of hydrogen-bond acceptors (Lipinski definition) is 4. The van der Waals surface area contributed by atoms with Crippen LogP contribution in [0, 0.1) is 0 Å². The zero-order valence-electron chi connectivity index (χ0n) is 12.2. The molecule has 6 heteroatoms. The number of urea groups is 1. The largest absolute Gasteiger partial charge is 0.490 e. The Kier molecular flexibility index (Phi) is 4.15. The van der Waals surface area contributed by atoms with Crippen LogP contribution in [0.2, 0.25) is 0 Å². The molecule has 2 aliphatic rings. The number of amides is 2. The van der Waals surface area contributed by atoms with Gasteiger partial charge < -0.3 is 25.0 Å². The number of carbonyl (C=O) groups is 1. The summed E-state index contributed by atoms with van der Waals surface area (Å²) in [5.74, 6) is 1.42. The van der Waals surface area contributed by atoms with Crippen molar-refractivity contribution in [1.82, 2.24) is 10.2 Å². The molecule has 2 N–H and O–H groups in total. The second-order valence-corrected chi connectivity index (χ2v) is 5.56. The third-order valence-electron chi connectivity index (χ3n) is 3.73. The zero-order chi connectivity index (χ0) is 14.7. The molecule has 0 spiro atoms. The van der Waals surface area contributed by atoms with Crippen molar-refractivity contribution in [1.29, 1.82) is 0 Å². The van der Waals surface area contributed by atoms with Gasteiger partial charge in [-0.3, -0.25) is 0 Å². The maximum Gasteiger partial charge on any atom is 0.319 e. The Labute approximate surface area is 124 Å². The summed E-state index contributed by atoms with van der Waals surface area (Å²) >= 11 is 0.